The minimum absolute atomic E-state index is 0.0361. The standard InChI is InChI=1S/C17H20F4N2O2/c1-9-12(20)14-15(13(21)16(9)24-8-11(18)19)23(2)17(22-14)25-10-6-4-3-5-7-10/h10-11H,3-8H2,1-2H3. The molecule has 138 valence electrons. The van der Waals surface area contributed by atoms with Crippen LogP contribution in [0.2, 0.25) is 0 Å². The second-order valence-corrected chi connectivity index (χ2v) is 6.31. The number of rotatable bonds is 5. The third-order valence-electron chi connectivity index (χ3n) is 4.52. The van der Waals surface area contributed by atoms with E-state index in [2.05, 4.69) is 4.98 Å². The first-order valence-electron chi connectivity index (χ1n) is 8.31. The zero-order chi connectivity index (χ0) is 18.1. The van der Waals surface area contributed by atoms with E-state index < -0.39 is 30.4 Å². The van der Waals surface area contributed by atoms with Crippen LogP contribution < -0.4 is 9.47 Å². The summed E-state index contributed by atoms with van der Waals surface area (Å²) in [6.45, 7) is 0.265. The summed E-state index contributed by atoms with van der Waals surface area (Å²) in [7, 11) is 1.50. The second kappa shape index (κ2) is 7.09. The van der Waals surface area contributed by atoms with Crippen molar-refractivity contribution in [3.63, 3.8) is 0 Å². The van der Waals surface area contributed by atoms with Gasteiger partial charge < -0.3 is 9.47 Å². The van der Waals surface area contributed by atoms with Crippen molar-refractivity contribution in [3.8, 4) is 11.8 Å². The summed E-state index contributed by atoms with van der Waals surface area (Å²) in [6, 6.07) is 0.116. The molecule has 0 unspecified atom stereocenters. The molecule has 0 N–H and O–H groups in total. The number of nitrogens with zero attached hydrogens (tertiary/aromatic N) is 2. The van der Waals surface area contributed by atoms with E-state index in [1.807, 2.05) is 0 Å². The monoisotopic (exact) mass is 360 g/mol. The summed E-state index contributed by atoms with van der Waals surface area (Å²) in [5.74, 6) is -2.23. The zero-order valence-electron chi connectivity index (χ0n) is 14.1. The quantitative estimate of drug-likeness (QED) is 0.736. The molecule has 1 aromatic carbocycles. The van der Waals surface area contributed by atoms with E-state index in [0.29, 0.717) is 0 Å². The molecule has 8 heteroatoms. The highest BCUT2D eigenvalue weighted by Crippen LogP contribution is 2.36. The van der Waals surface area contributed by atoms with E-state index in [9.17, 15) is 17.6 Å². The van der Waals surface area contributed by atoms with Gasteiger partial charge in [0, 0.05) is 12.6 Å². The predicted octanol–water partition coefficient (Wildman–Crippen LogP) is 4.52. The first-order chi connectivity index (χ1) is 11.9. The van der Waals surface area contributed by atoms with Crippen LogP contribution in [0.15, 0.2) is 0 Å². The lowest BCUT2D eigenvalue weighted by Crippen LogP contribution is -2.21. The van der Waals surface area contributed by atoms with Crippen LogP contribution in [0.4, 0.5) is 17.6 Å². The number of imidazole rings is 1. The lowest BCUT2D eigenvalue weighted by Gasteiger charge is -2.22. The number of benzene rings is 1. The molecule has 1 aliphatic carbocycles. The third kappa shape index (κ3) is 3.39. The average Bonchev–Trinajstić information content (AvgIpc) is 2.90. The number of aromatic nitrogens is 2. The highest BCUT2D eigenvalue weighted by Gasteiger charge is 2.26. The van der Waals surface area contributed by atoms with Crippen molar-refractivity contribution in [1.82, 2.24) is 9.55 Å². The van der Waals surface area contributed by atoms with Crippen molar-refractivity contribution in [3.05, 3.63) is 17.2 Å². The molecule has 0 atom stereocenters. The number of halogens is 4. The van der Waals surface area contributed by atoms with Gasteiger partial charge in [0.2, 0.25) is 0 Å². The molecule has 0 bridgehead atoms. The van der Waals surface area contributed by atoms with E-state index >= 15 is 0 Å². The summed E-state index contributed by atoms with van der Waals surface area (Å²) in [5.41, 5.74) is -0.529. The molecule has 0 radical (unpaired) electrons. The second-order valence-electron chi connectivity index (χ2n) is 6.31. The first kappa shape index (κ1) is 17.8. The highest BCUT2D eigenvalue weighted by molar-refractivity contribution is 5.81. The number of hydrogen-bond acceptors (Lipinski definition) is 3. The first-order valence-corrected chi connectivity index (χ1v) is 8.31. The van der Waals surface area contributed by atoms with Gasteiger partial charge in [0.1, 0.15) is 23.7 Å². The van der Waals surface area contributed by atoms with E-state index in [0.717, 1.165) is 32.1 Å². The Morgan fingerprint density at radius 3 is 2.48 bits per heavy atom. The van der Waals surface area contributed by atoms with Crippen LogP contribution in [-0.2, 0) is 7.05 Å². The summed E-state index contributed by atoms with van der Waals surface area (Å²) in [6.07, 6.45) is 2.16. The van der Waals surface area contributed by atoms with Crippen LogP contribution in [0.5, 0.6) is 11.8 Å². The molecule has 0 spiro atoms. The summed E-state index contributed by atoms with van der Waals surface area (Å²) in [4.78, 5) is 4.09. The molecular formula is C17H20F4N2O2. The van der Waals surface area contributed by atoms with Gasteiger partial charge in [0.05, 0.1) is 0 Å². The lowest BCUT2D eigenvalue weighted by molar-refractivity contribution is 0.0794. The van der Waals surface area contributed by atoms with Crippen LogP contribution in [0.25, 0.3) is 11.0 Å². The molecule has 1 fully saturated rings. The Balaban J connectivity index is 2.01. The molecule has 2 aromatic rings. The van der Waals surface area contributed by atoms with E-state index in [4.69, 9.17) is 9.47 Å². The van der Waals surface area contributed by atoms with E-state index in [1.54, 1.807) is 0 Å². The number of hydrogen-bond donors (Lipinski definition) is 0. The minimum Gasteiger partial charge on any atom is -0.484 e. The van der Waals surface area contributed by atoms with Crippen LogP contribution >= 0.6 is 0 Å². The zero-order valence-corrected chi connectivity index (χ0v) is 14.1. The molecule has 0 saturated heterocycles. The topological polar surface area (TPSA) is 36.3 Å². The van der Waals surface area contributed by atoms with Gasteiger partial charge in [0.25, 0.3) is 12.4 Å². The highest BCUT2D eigenvalue weighted by atomic mass is 19.3. The van der Waals surface area contributed by atoms with Gasteiger partial charge in [-0.15, -0.1) is 0 Å². The molecule has 25 heavy (non-hydrogen) atoms. The van der Waals surface area contributed by atoms with Crippen molar-refractivity contribution in [2.45, 2.75) is 51.6 Å². The van der Waals surface area contributed by atoms with Crippen molar-refractivity contribution < 1.29 is 27.0 Å². The molecule has 1 aliphatic rings. The number of ether oxygens (including phenoxy) is 2. The van der Waals surface area contributed by atoms with Gasteiger partial charge in [-0.2, -0.15) is 4.98 Å². The SMILES string of the molecule is Cc1c(OCC(F)F)c(F)c2c(nc(OC3CCCCC3)n2C)c1F. The van der Waals surface area contributed by atoms with Gasteiger partial charge in [-0.1, -0.05) is 6.42 Å². The molecule has 0 aliphatic heterocycles. The maximum Gasteiger partial charge on any atom is 0.297 e. The lowest BCUT2D eigenvalue weighted by atomic mass is 9.98. The Kier molecular flexibility index (Phi) is 5.06. The minimum atomic E-state index is -2.78. The van der Waals surface area contributed by atoms with E-state index in [-0.39, 0.29) is 28.7 Å². The molecule has 1 aromatic heterocycles. The Morgan fingerprint density at radius 1 is 1.16 bits per heavy atom. The Labute approximate surface area is 142 Å². The van der Waals surface area contributed by atoms with Gasteiger partial charge in [0.15, 0.2) is 17.4 Å². The fourth-order valence-corrected chi connectivity index (χ4v) is 3.19. The van der Waals surface area contributed by atoms with Crippen LogP contribution in [0.1, 0.15) is 37.7 Å². The summed E-state index contributed by atoms with van der Waals surface area (Å²) >= 11 is 0. The molecule has 1 heterocycles. The fourth-order valence-electron chi connectivity index (χ4n) is 3.19. The molecular weight excluding hydrogens is 340 g/mol. The van der Waals surface area contributed by atoms with Crippen molar-refractivity contribution in [1.29, 1.82) is 0 Å². The fraction of sp³-hybridized carbons (Fsp3) is 0.588. The summed E-state index contributed by atoms with van der Waals surface area (Å²) < 4.78 is 66.0. The number of alkyl halides is 2. The molecule has 1 saturated carbocycles. The van der Waals surface area contributed by atoms with Crippen molar-refractivity contribution in [2.75, 3.05) is 6.61 Å². The Hall–Kier alpha value is -1.99. The third-order valence-corrected chi connectivity index (χ3v) is 4.52. The largest absolute Gasteiger partial charge is 0.484 e. The van der Waals surface area contributed by atoms with Gasteiger partial charge in [-0.25, -0.2) is 17.6 Å². The molecule has 0 amide bonds. The molecule has 4 nitrogen and oxygen atoms in total. The van der Waals surface area contributed by atoms with Crippen molar-refractivity contribution >= 4 is 11.0 Å². The van der Waals surface area contributed by atoms with Gasteiger partial charge in [-0.05, 0) is 32.6 Å². The Morgan fingerprint density at radius 2 is 1.84 bits per heavy atom. The van der Waals surface area contributed by atoms with Crippen LogP contribution in [0, 0.1) is 18.6 Å². The van der Waals surface area contributed by atoms with Gasteiger partial charge in [-0.3, -0.25) is 4.57 Å². The maximum absolute atomic E-state index is 14.8. The van der Waals surface area contributed by atoms with Crippen LogP contribution in [-0.4, -0.2) is 28.7 Å². The smallest absolute Gasteiger partial charge is 0.297 e. The van der Waals surface area contributed by atoms with Gasteiger partial charge >= 0.3 is 0 Å². The number of fused-ring (bicyclic) bond motifs is 1. The van der Waals surface area contributed by atoms with Crippen LogP contribution in [0.3, 0.4) is 0 Å². The maximum atomic E-state index is 14.8. The normalized spacial score (nSPS) is 16.0. The predicted molar refractivity (Wildman–Crippen MR) is 84.4 cm³/mol. The summed E-state index contributed by atoms with van der Waals surface area (Å²) in [5, 5.41) is 0. The van der Waals surface area contributed by atoms with E-state index in [1.165, 1.54) is 18.5 Å². The Bertz CT molecular complexity index is 770. The number of aryl methyl sites for hydroxylation is 1. The molecule has 3 rings (SSSR count). The van der Waals surface area contributed by atoms with Crippen molar-refractivity contribution in [2.24, 2.45) is 7.05 Å². The average molecular weight is 360 g/mol.